The first-order valence-electron chi connectivity index (χ1n) is 5.74. The number of hydrogen-bond donors (Lipinski definition) is 1. The van der Waals surface area contributed by atoms with Crippen LogP contribution in [0.5, 0.6) is 0 Å². The molecule has 1 N–H and O–H groups in total. The Kier molecular flexibility index (Phi) is 4.29. The molecule has 0 radical (unpaired) electrons. The van der Waals surface area contributed by atoms with Crippen molar-refractivity contribution in [1.82, 2.24) is 10.3 Å². The van der Waals surface area contributed by atoms with Gasteiger partial charge in [-0.3, -0.25) is 0 Å². The highest BCUT2D eigenvalue weighted by atomic mass is 32.1. The molecule has 15 heavy (non-hydrogen) atoms. The molecular weight excluding hydrogens is 204 g/mol. The van der Waals surface area contributed by atoms with Gasteiger partial charge in [-0.05, 0) is 25.8 Å². The maximum Gasteiger partial charge on any atom is 0.113 e. The lowest BCUT2D eigenvalue weighted by Crippen LogP contribution is -2.46. The molecule has 1 aromatic rings. The third-order valence-corrected chi connectivity index (χ3v) is 4.17. The second-order valence-electron chi connectivity index (χ2n) is 4.30. The zero-order valence-electron chi connectivity index (χ0n) is 10.4. The highest BCUT2D eigenvalue weighted by Crippen LogP contribution is 2.34. The van der Waals surface area contributed by atoms with Gasteiger partial charge in [-0.2, -0.15) is 0 Å². The predicted octanol–water partition coefficient (Wildman–Crippen LogP) is 3.32. The van der Waals surface area contributed by atoms with E-state index in [4.69, 9.17) is 0 Å². The van der Waals surface area contributed by atoms with Gasteiger partial charge in [0.2, 0.25) is 0 Å². The monoisotopic (exact) mass is 226 g/mol. The van der Waals surface area contributed by atoms with E-state index in [-0.39, 0.29) is 5.54 Å². The Morgan fingerprint density at radius 3 is 2.47 bits per heavy atom. The number of hydrogen-bond acceptors (Lipinski definition) is 3. The summed E-state index contributed by atoms with van der Waals surface area (Å²) >= 11 is 1.78. The highest BCUT2D eigenvalue weighted by molar-refractivity contribution is 7.09. The minimum absolute atomic E-state index is 0.0632. The van der Waals surface area contributed by atoms with Gasteiger partial charge in [0.15, 0.2) is 0 Å². The van der Waals surface area contributed by atoms with Crippen molar-refractivity contribution in [1.29, 1.82) is 0 Å². The molecule has 1 heterocycles. The van der Waals surface area contributed by atoms with Gasteiger partial charge in [-0.1, -0.05) is 27.7 Å². The van der Waals surface area contributed by atoms with E-state index in [1.54, 1.807) is 11.3 Å². The van der Waals surface area contributed by atoms with Crippen LogP contribution in [-0.4, -0.2) is 11.5 Å². The summed E-state index contributed by atoms with van der Waals surface area (Å²) in [5.41, 5.74) is 1.19. The van der Waals surface area contributed by atoms with Gasteiger partial charge >= 0.3 is 0 Å². The lowest BCUT2D eigenvalue weighted by atomic mass is 9.84. The number of aromatic nitrogens is 1. The van der Waals surface area contributed by atoms with Crippen molar-refractivity contribution >= 4 is 11.3 Å². The van der Waals surface area contributed by atoms with Crippen LogP contribution in [0.25, 0.3) is 0 Å². The molecule has 1 rings (SSSR count). The Morgan fingerprint density at radius 2 is 2.13 bits per heavy atom. The van der Waals surface area contributed by atoms with Gasteiger partial charge in [0.05, 0.1) is 5.54 Å². The molecule has 3 heteroatoms. The minimum atomic E-state index is 0.0632. The van der Waals surface area contributed by atoms with Crippen molar-refractivity contribution in [2.75, 3.05) is 6.54 Å². The Morgan fingerprint density at radius 1 is 1.47 bits per heavy atom. The molecule has 0 aliphatic heterocycles. The molecule has 1 unspecified atom stereocenters. The average Bonchev–Trinajstić information content (AvgIpc) is 2.61. The second kappa shape index (κ2) is 5.08. The van der Waals surface area contributed by atoms with Gasteiger partial charge in [0, 0.05) is 11.1 Å². The second-order valence-corrected chi connectivity index (χ2v) is 5.16. The number of nitrogens with zero attached hydrogens (tertiary/aromatic N) is 1. The number of thiazole rings is 1. The molecule has 0 amide bonds. The van der Waals surface area contributed by atoms with Gasteiger partial charge < -0.3 is 5.32 Å². The van der Waals surface area contributed by atoms with Crippen LogP contribution in [0.1, 0.15) is 44.8 Å². The fourth-order valence-corrected chi connectivity index (χ4v) is 3.28. The molecule has 0 aliphatic rings. The van der Waals surface area contributed by atoms with Crippen LogP contribution in [0.15, 0.2) is 5.38 Å². The summed E-state index contributed by atoms with van der Waals surface area (Å²) in [5, 5.41) is 7.00. The summed E-state index contributed by atoms with van der Waals surface area (Å²) in [6, 6.07) is 0. The van der Waals surface area contributed by atoms with E-state index >= 15 is 0 Å². The molecule has 0 spiro atoms. The number of aryl methyl sites for hydroxylation is 1. The number of rotatable bonds is 5. The summed E-state index contributed by atoms with van der Waals surface area (Å²) in [7, 11) is 0. The van der Waals surface area contributed by atoms with Crippen LogP contribution in [0, 0.1) is 12.8 Å². The Balaban J connectivity index is 3.08. The van der Waals surface area contributed by atoms with E-state index < -0.39 is 0 Å². The molecule has 0 saturated carbocycles. The first kappa shape index (κ1) is 12.7. The van der Waals surface area contributed by atoms with E-state index in [2.05, 4.69) is 50.3 Å². The Bertz CT molecular complexity index is 306. The van der Waals surface area contributed by atoms with E-state index in [9.17, 15) is 0 Å². The highest BCUT2D eigenvalue weighted by Gasteiger charge is 2.35. The number of nitrogens with one attached hydrogen (secondary N) is 1. The molecule has 1 aromatic heterocycles. The van der Waals surface area contributed by atoms with Crippen LogP contribution in [0.2, 0.25) is 0 Å². The Hall–Kier alpha value is -0.410. The molecule has 1 atom stereocenters. The molecular formula is C12H22N2S. The maximum absolute atomic E-state index is 4.65. The smallest absolute Gasteiger partial charge is 0.113 e. The quantitative estimate of drug-likeness (QED) is 0.833. The van der Waals surface area contributed by atoms with Crippen LogP contribution in [0.4, 0.5) is 0 Å². The lowest BCUT2D eigenvalue weighted by Gasteiger charge is -2.35. The molecule has 0 aliphatic carbocycles. The summed E-state index contributed by atoms with van der Waals surface area (Å²) in [6.07, 6.45) is 1.09. The van der Waals surface area contributed by atoms with Crippen molar-refractivity contribution in [3.63, 3.8) is 0 Å². The topological polar surface area (TPSA) is 24.9 Å². The third-order valence-electron chi connectivity index (χ3n) is 3.04. The van der Waals surface area contributed by atoms with Crippen molar-refractivity contribution in [3.05, 3.63) is 16.1 Å². The largest absolute Gasteiger partial charge is 0.305 e. The molecule has 86 valence electrons. The molecule has 0 aromatic carbocycles. The summed E-state index contributed by atoms with van der Waals surface area (Å²) in [4.78, 5) is 4.65. The molecule has 0 bridgehead atoms. The van der Waals surface area contributed by atoms with Crippen molar-refractivity contribution in [3.8, 4) is 0 Å². The minimum Gasteiger partial charge on any atom is -0.305 e. The summed E-state index contributed by atoms with van der Waals surface area (Å²) in [5.74, 6) is 0.563. The lowest BCUT2D eigenvalue weighted by molar-refractivity contribution is 0.232. The zero-order chi connectivity index (χ0) is 11.5. The summed E-state index contributed by atoms with van der Waals surface area (Å²) in [6.45, 7) is 12.0. The molecule has 2 nitrogen and oxygen atoms in total. The van der Waals surface area contributed by atoms with Crippen LogP contribution >= 0.6 is 11.3 Å². The normalized spacial score (nSPS) is 15.6. The molecule has 0 saturated heterocycles. The van der Waals surface area contributed by atoms with Crippen molar-refractivity contribution < 1.29 is 0 Å². The van der Waals surface area contributed by atoms with Crippen LogP contribution in [0.3, 0.4) is 0 Å². The van der Waals surface area contributed by atoms with Gasteiger partial charge in [-0.25, -0.2) is 4.98 Å². The third kappa shape index (κ3) is 2.40. The summed E-state index contributed by atoms with van der Waals surface area (Å²) < 4.78 is 0. The van der Waals surface area contributed by atoms with Gasteiger partial charge in [0.1, 0.15) is 5.01 Å². The van der Waals surface area contributed by atoms with Crippen LogP contribution in [-0.2, 0) is 5.54 Å². The van der Waals surface area contributed by atoms with Crippen LogP contribution < -0.4 is 5.32 Å². The maximum atomic E-state index is 4.65. The fourth-order valence-electron chi connectivity index (χ4n) is 2.09. The van der Waals surface area contributed by atoms with Crippen molar-refractivity contribution in [2.45, 2.75) is 46.6 Å². The van der Waals surface area contributed by atoms with E-state index in [1.807, 2.05) is 0 Å². The van der Waals surface area contributed by atoms with E-state index in [1.165, 1.54) is 5.01 Å². The van der Waals surface area contributed by atoms with E-state index in [0.717, 1.165) is 18.7 Å². The Labute approximate surface area is 97.1 Å². The standard InChI is InChI=1S/C12H22N2S/c1-6-12(9(3)4,13-7-2)11-14-10(5)8-15-11/h8-9,13H,6-7H2,1-5H3. The van der Waals surface area contributed by atoms with Crippen molar-refractivity contribution in [2.24, 2.45) is 5.92 Å². The first-order chi connectivity index (χ1) is 7.06. The van der Waals surface area contributed by atoms with Gasteiger partial charge in [-0.15, -0.1) is 11.3 Å². The molecule has 0 fully saturated rings. The first-order valence-corrected chi connectivity index (χ1v) is 6.62. The average molecular weight is 226 g/mol. The SMILES string of the molecule is CCNC(CC)(c1nc(C)cs1)C(C)C. The zero-order valence-corrected chi connectivity index (χ0v) is 11.2. The predicted molar refractivity (Wildman–Crippen MR) is 67.3 cm³/mol. The van der Waals surface area contributed by atoms with E-state index in [0.29, 0.717) is 5.92 Å². The fraction of sp³-hybridized carbons (Fsp3) is 0.750. The van der Waals surface area contributed by atoms with Gasteiger partial charge in [0.25, 0.3) is 0 Å².